The largest absolute Gasteiger partial charge is 0.452 e. The molecule has 1 rings (SSSR count). The van der Waals surface area contributed by atoms with Crippen molar-refractivity contribution in [3.8, 4) is 0 Å². The second-order valence-corrected chi connectivity index (χ2v) is 6.87. The molecule has 0 saturated heterocycles. The van der Waals surface area contributed by atoms with Crippen molar-refractivity contribution in [1.82, 2.24) is 9.36 Å². The van der Waals surface area contributed by atoms with Gasteiger partial charge in [0.1, 0.15) is 9.84 Å². The summed E-state index contributed by atoms with van der Waals surface area (Å²) in [5.74, 6) is -1.37. The third kappa shape index (κ3) is 4.09. The molecule has 18 heavy (non-hydrogen) atoms. The molecule has 1 heterocycles. The van der Waals surface area contributed by atoms with E-state index in [9.17, 15) is 21.6 Å². The van der Waals surface area contributed by atoms with Crippen molar-refractivity contribution in [1.29, 1.82) is 0 Å². The first-order valence-corrected chi connectivity index (χ1v) is 7.65. The number of sulfone groups is 1. The van der Waals surface area contributed by atoms with Crippen LogP contribution in [0.3, 0.4) is 0 Å². The minimum atomic E-state index is -4.59. The molecular formula is C8H12F3N3O2S2. The number of nitrogens with zero attached hydrogens (tertiary/aromatic N) is 3. The summed E-state index contributed by atoms with van der Waals surface area (Å²) in [5, 5.41) is 0.0403. The van der Waals surface area contributed by atoms with Crippen molar-refractivity contribution >= 4 is 26.5 Å². The number of alkyl halides is 3. The fraction of sp³-hybridized carbons (Fsp3) is 0.750. The van der Waals surface area contributed by atoms with Crippen LogP contribution in [-0.2, 0) is 16.0 Å². The third-order valence-corrected chi connectivity index (χ3v) is 4.07. The predicted octanol–water partition coefficient (Wildman–Crippen LogP) is 1.43. The molecule has 0 N–H and O–H groups in total. The van der Waals surface area contributed by atoms with Gasteiger partial charge in [0, 0.05) is 30.9 Å². The molecule has 5 nitrogen and oxygen atoms in total. The fourth-order valence-corrected chi connectivity index (χ4v) is 3.06. The Morgan fingerprint density at radius 2 is 2.00 bits per heavy atom. The van der Waals surface area contributed by atoms with Crippen LogP contribution in [0.25, 0.3) is 0 Å². The van der Waals surface area contributed by atoms with Crippen molar-refractivity contribution in [2.75, 3.05) is 24.0 Å². The summed E-state index contributed by atoms with van der Waals surface area (Å²) in [6.45, 7) is 1.59. The molecule has 1 unspecified atom stereocenters. The molecule has 0 radical (unpaired) electrons. The topological polar surface area (TPSA) is 63.2 Å². The highest BCUT2D eigenvalue weighted by Crippen LogP contribution is 2.30. The predicted molar refractivity (Wildman–Crippen MR) is 62.5 cm³/mol. The van der Waals surface area contributed by atoms with Gasteiger partial charge in [0.2, 0.25) is 11.0 Å². The van der Waals surface area contributed by atoms with Crippen LogP contribution in [0.5, 0.6) is 0 Å². The van der Waals surface area contributed by atoms with Crippen molar-refractivity contribution in [2.24, 2.45) is 0 Å². The van der Waals surface area contributed by atoms with Crippen LogP contribution in [0.4, 0.5) is 18.3 Å². The SMILES string of the molecule is CC(CS(C)(=O)=O)N(C)c1nc(C(F)(F)F)ns1. The highest BCUT2D eigenvalue weighted by molar-refractivity contribution is 7.90. The van der Waals surface area contributed by atoms with E-state index in [0.29, 0.717) is 11.5 Å². The Bertz CT molecular complexity index is 512. The molecule has 0 aliphatic heterocycles. The van der Waals surface area contributed by atoms with Gasteiger partial charge in [0.05, 0.1) is 5.75 Å². The van der Waals surface area contributed by atoms with Crippen molar-refractivity contribution in [3.05, 3.63) is 5.82 Å². The lowest BCUT2D eigenvalue weighted by Crippen LogP contribution is -2.34. The van der Waals surface area contributed by atoms with Crippen LogP contribution >= 0.6 is 11.5 Å². The highest BCUT2D eigenvalue weighted by atomic mass is 32.2. The summed E-state index contributed by atoms with van der Waals surface area (Å²) in [5.41, 5.74) is 0. The normalized spacial score (nSPS) is 14.6. The van der Waals surface area contributed by atoms with E-state index in [4.69, 9.17) is 0 Å². The Morgan fingerprint density at radius 3 is 2.39 bits per heavy atom. The van der Waals surface area contributed by atoms with Crippen LogP contribution in [-0.4, -0.2) is 42.9 Å². The molecule has 0 aliphatic rings. The average molecular weight is 303 g/mol. The quantitative estimate of drug-likeness (QED) is 0.842. The number of rotatable bonds is 4. The van der Waals surface area contributed by atoms with E-state index in [-0.39, 0.29) is 10.9 Å². The molecule has 1 aromatic rings. The van der Waals surface area contributed by atoms with Crippen LogP contribution < -0.4 is 4.90 Å². The smallest absolute Gasteiger partial charge is 0.346 e. The first-order valence-electron chi connectivity index (χ1n) is 4.82. The molecular weight excluding hydrogens is 291 g/mol. The van der Waals surface area contributed by atoms with Gasteiger partial charge in [-0.1, -0.05) is 0 Å². The Labute approximate surface area is 107 Å². The van der Waals surface area contributed by atoms with E-state index >= 15 is 0 Å². The monoisotopic (exact) mass is 303 g/mol. The molecule has 0 fully saturated rings. The maximum absolute atomic E-state index is 12.3. The molecule has 104 valence electrons. The summed E-state index contributed by atoms with van der Waals surface area (Å²) in [6.07, 6.45) is -3.52. The lowest BCUT2D eigenvalue weighted by molar-refractivity contribution is -0.144. The summed E-state index contributed by atoms with van der Waals surface area (Å²) in [7, 11) is -1.72. The number of hydrogen-bond donors (Lipinski definition) is 0. The maximum Gasteiger partial charge on any atom is 0.452 e. The molecule has 0 spiro atoms. The van der Waals surface area contributed by atoms with Gasteiger partial charge in [-0.15, -0.1) is 0 Å². The second-order valence-electron chi connectivity index (χ2n) is 3.95. The molecule has 0 aliphatic carbocycles. The highest BCUT2D eigenvalue weighted by Gasteiger charge is 2.36. The molecule has 1 aromatic heterocycles. The van der Waals surface area contributed by atoms with E-state index in [1.807, 2.05) is 0 Å². The lowest BCUT2D eigenvalue weighted by Gasteiger charge is -2.22. The molecule has 1 atom stereocenters. The maximum atomic E-state index is 12.3. The summed E-state index contributed by atoms with van der Waals surface area (Å²) in [6, 6.07) is -0.478. The molecule has 10 heteroatoms. The average Bonchev–Trinajstić information content (AvgIpc) is 2.61. The summed E-state index contributed by atoms with van der Waals surface area (Å²) >= 11 is 0.589. The summed E-state index contributed by atoms with van der Waals surface area (Å²) < 4.78 is 62.3. The van der Waals surface area contributed by atoms with E-state index < -0.39 is 27.9 Å². The first kappa shape index (κ1) is 15.2. The molecule has 0 aromatic carbocycles. The number of hydrogen-bond acceptors (Lipinski definition) is 6. The van der Waals surface area contributed by atoms with Gasteiger partial charge in [0.25, 0.3) is 0 Å². The third-order valence-electron chi connectivity index (χ3n) is 2.18. The van der Waals surface area contributed by atoms with Gasteiger partial charge in [0.15, 0.2) is 0 Å². The van der Waals surface area contributed by atoms with Gasteiger partial charge in [-0.2, -0.15) is 22.5 Å². The lowest BCUT2D eigenvalue weighted by atomic mass is 10.4. The Morgan fingerprint density at radius 1 is 1.44 bits per heavy atom. The van der Waals surface area contributed by atoms with Crippen LogP contribution in [0.15, 0.2) is 0 Å². The summed E-state index contributed by atoms with van der Waals surface area (Å²) in [4.78, 5) is 4.72. The second kappa shape index (κ2) is 5.00. The molecule has 0 saturated carbocycles. The fourth-order valence-electron chi connectivity index (χ4n) is 1.21. The Balaban J connectivity index is 2.85. The van der Waals surface area contributed by atoms with Gasteiger partial charge < -0.3 is 4.90 Å². The van der Waals surface area contributed by atoms with E-state index in [1.165, 1.54) is 11.9 Å². The van der Waals surface area contributed by atoms with Crippen LogP contribution in [0, 0.1) is 0 Å². The minimum Gasteiger partial charge on any atom is -0.346 e. The van der Waals surface area contributed by atoms with Gasteiger partial charge in [-0.25, -0.2) is 8.42 Å². The van der Waals surface area contributed by atoms with Crippen molar-refractivity contribution < 1.29 is 21.6 Å². The number of aromatic nitrogens is 2. The molecule has 0 amide bonds. The standard InChI is InChI=1S/C8H12F3N3O2S2/c1-5(4-18(3,15)16)14(2)7-12-6(13-17-7)8(9,10)11/h5H,4H2,1-3H3. The zero-order valence-corrected chi connectivity index (χ0v) is 11.5. The minimum absolute atomic E-state index is 0.0403. The van der Waals surface area contributed by atoms with Gasteiger partial charge in [-0.3, -0.25) is 0 Å². The number of halogens is 3. The van der Waals surface area contributed by atoms with E-state index in [1.54, 1.807) is 6.92 Å². The van der Waals surface area contributed by atoms with Crippen molar-refractivity contribution in [2.45, 2.75) is 19.1 Å². The van der Waals surface area contributed by atoms with Crippen molar-refractivity contribution in [3.63, 3.8) is 0 Å². The molecule has 0 bridgehead atoms. The van der Waals surface area contributed by atoms with Gasteiger partial charge >= 0.3 is 6.18 Å². The van der Waals surface area contributed by atoms with E-state index in [0.717, 1.165) is 6.26 Å². The Hall–Kier alpha value is -0.900. The zero-order valence-electron chi connectivity index (χ0n) is 9.89. The first-order chi connectivity index (χ1) is 8.00. The van der Waals surface area contributed by atoms with Crippen LogP contribution in [0.1, 0.15) is 12.7 Å². The number of anilines is 1. The van der Waals surface area contributed by atoms with Crippen LogP contribution in [0.2, 0.25) is 0 Å². The zero-order chi connectivity index (χ0) is 14.1. The Kier molecular flexibility index (Phi) is 4.21. The van der Waals surface area contributed by atoms with E-state index in [2.05, 4.69) is 9.36 Å². The van der Waals surface area contributed by atoms with Gasteiger partial charge in [-0.05, 0) is 6.92 Å².